The van der Waals surface area contributed by atoms with Crippen molar-refractivity contribution >= 4 is 21.8 Å². The minimum absolute atomic E-state index is 0.0334. The zero-order valence-corrected chi connectivity index (χ0v) is 14.0. The summed E-state index contributed by atoms with van der Waals surface area (Å²) in [5.74, 6) is 0.811. The number of thioether (sulfide) groups is 1. The summed E-state index contributed by atoms with van der Waals surface area (Å²) in [4.78, 5) is 0. The molecule has 0 bridgehead atoms. The summed E-state index contributed by atoms with van der Waals surface area (Å²) in [5, 5.41) is 3.24. The number of hydrogen-bond acceptors (Lipinski definition) is 4. The second-order valence-corrected chi connectivity index (χ2v) is 7.50. The maximum atomic E-state index is 12.1. The van der Waals surface area contributed by atoms with Crippen molar-refractivity contribution in [1.29, 1.82) is 0 Å². The van der Waals surface area contributed by atoms with Crippen LogP contribution in [0.2, 0.25) is 0 Å². The van der Waals surface area contributed by atoms with E-state index < -0.39 is 10.0 Å². The zero-order valence-electron chi connectivity index (χ0n) is 12.3. The molecule has 4 nitrogen and oxygen atoms in total. The minimum atomic E-state index is -3.28. The summed E-state index contributed by atoms with van der Waals surface area (Å²) in [6, 6.07) is 7.67. The molecule has 1 aromatic rings. The Labute approximate surface area is 126 Å². The highest BCUT2D eigenvalue weighted by Gasteiger charge is 2.15. The predicted molar refractivity (Wildman–Crippen MR) is 87.4 cm³/mol. The lowest BCUT2D eigenvalue weighted by Crippen LogP contribution is -2.35. The molecule has 1 aromatic carbocycles. The third kappa shape index (κ3) is 6.74. The van der Waals surface area contributed by atoms with Gasteiger partial charge in [0, 0.05) is 18.3 Å². The van der Waals surface area contributed by atoms with Gasteiger partial charge in [0.05, 0.1) is 5.75 Å². The molecule has 20 heavy (non-hydrogen) atoms. The Morgan fingerprint density at radius 2 is 2.00 bits per heavy atom. The van der Waals surface area contributed by atoms with Crippen molar-refractivity contribution in [3.63, 3.8) is 0 Å². The van der Waals surface area contributed by atoms with Crippen molar-refractivity contribution < 1.29 is 8.42 Å². The van der Waals surface area contributed by atoms with Gasteiger partial charge in [0.1, 0.15) is 0 Å². The van der Waals surface area contributed by atoms with Crippen molar-refractivity contribution in [2.45, 2.75) is 32.2 Å². The molecular formula is C14H24N2O2S2. The standard InChI is InChI=1S/C14H24N2O2S2/c1-4-15-9-13-6-5-7-14(8-13)11-20(17,18)16-12(2)10-19-3/h5-8,12,15-16H,4,9-11H2,1-3H3. The molecule has 0 aromatic heterocycles. The molecule has 2 N–H and O–H groups in total. The first kappa shape index (κ1) is 17.5. The zero-order chi connectivity index (χ0) is 15.0. The molecule has 0 aliphatic rings. The highest BCUT2D eigenvalue weighted by Crippen LogP contribution is 2.10. The molecule has 6 heteroatoms. The maximum Gasteiger partial charge on any atom is 0.216 e. The van der Waals surface area contributed by atoms with Gasteiger partial charge in [-0.05, 0) is 30.9 Å². The van der Waals surface area contributed by atoms with Crippen molar-refractivity contribution in [3.05, 3.63) is 35.4 Å². The molecule has 0 aliphatic carbocycles. The van der Waals surface area contributed by atoms with Crippen molar-refractivity contribution in [2.24, 2.45) is 0 Å². The van der Waals surface area contributed by atoms with Gasteiger partial charge in [-0.25, -0.2) is 13.1 Å². The van der Waals surface area contributed by atoms with Gasteiger partial charge < -0.3 is 5.32 Å². The highest BCUT2D eigenvalue weighted by molar-refractivity contribution is 7.98. The van der Waals surface area contributed by atoms with Crippen molar-refractivity contribution in [3.8, 4) is 0 Å². The first-order valence-corrected chi connectivity index (χ1v) is 9.79. The molecule has 1 atom stereocenters. The van der Waals surface area contributed by atoms with Crippen LogP contribution in [-0.4, -0.2) is 33.0 Å². The van der Waals surface area contributed by atoms with Gasteiger partial charge in [0.2, 0.25) is 10.0 Å². The average molecular weight is 316 g/mol. The lowest BCUT2D eigenvalue weighted by Gasteiger charge is -2.13. The van der Waals surface area contributed by atoms with Crippen LogP contribution in [0, 0.1) is 0 Å². The number of nitrogens with one attached hydrogen (secondary N) is 2. The lowest BCUT2D eigenvalue weighted by molar-refractivity contribution is 0.570. The van der Waals surface area contributed by atoms with E-state index in [1.165, 1.54) is 0 Å². The Balaban J connectivity index is 2.67. The quantitative estimate of drug-likeness (QED) is 0.731. The van der Waals surface area contributed by atoms with Gasteiger partial charge in [-0.15, -0.1) is 0 Å². The summed E-state index contributed by atoms with van der Waals surface area (Å²) >= 11 is 1.63. The van der Waals surface area contributed by atoms with Crippen LogP contribution in [0.5, 0.6) is 0 Å². The first-order valence-electron chi connectivity index (χ1n) is 6.74. The van der Waals surface area contributed by atoms with Gasteiger partial charge in [-0.1, -0.05) is 31.2 Å². The van der Waals surface area contributed by atoms with Crippen LogP contribution in [0.4, 0.5) is 0 Å². The SMILES string of the molecule is CCNCc1cccc(CS(=O)(=O)NC(C)CSC)c1. The minimum Gasteiger partial charge on any atom is -0.313 e. The molecule has 0 spiro atoms. The number of benzene rings is 1. The van der Waals surface area contributed by atoms with Gasteiger partial charge >= 0.3 is 0 Å². The summed E-state index contributed by atoms with van der Waals surface area (Å²) in [5.41, 5.74) is 1.93. The van der Waals surface area contributed by atoms with E-state index in [1.54, 1.807) is 11.8 Å². The molecule has 0 saturated heterocycles. The van der Waals surface area contributed by atoms with Crippen LogP contribution in [0.1, 0.15) is 25.0 Å². The number of hydrogen-bond donors (Lipinski definition) is 2. The Hall–Kier alpha value is -0.560. The van der Waals surface area contributed by atoms with E-state index in [0.717, 1.165) is 30.0 Å². The Morgan fingerprint density at radius 1 is 1.30 bits per heavy atom. The van der Waals surface area contributed by atoms with Crippen LogP contribution in [0.15, 0.2) is 24.3 Å². The van der Waals surface area contributed by atoms with E-state index in [-0.39, 0.29) is 11.8 Å². The van der Waals surface area contributed by atoms with Crippen LogP contribution in [0.3, 0.4) is 0 Å². The predicted octanol–water partition coefficient (Wildman–Crippen LogP) is 1.97. The molecule has 0 radical (unpaired) electrons. The molecule has 1 unspecified atom stereocenters. The number of sulfonamides is 1. The fourth-order valence-electron chi connectivity index (χ4n) is 1.95. The van der Waals surface area contributed by atoms with Crippen molar-refractivity contribution in [2.75, 3.05) is 18.6 Å². The largest absolute Gasteiger partial charge is 0.313 e. The van der Waals surface area contributed by atoms with Gasteiger partial charge in [0.25, 0.3) is 0 Å². The van der Waals surface area contributed by atoms with E-state index in [9.17, 15) is 8.42 Å². The van der Waals surface area contributed by atoms with Crippen molar-refractivity contribution in [1.82, 2.24) is 10.0 Å². The van der Waals surface area contributed by atoms with E-state index in [4.69, 9.17) is 0 Å². The van der Waals surface area contributed by atoms with E-state index in [0.29, 0.717) is 0 Å². The summed E-state index contributed by atoms with van der Waals surface area (Å²) in [6.07, 6.45) is 1.97. The third-order valence-electron chi connectivity index (χ3n) is 2.72. The lowest BCUT2D eigenvalue weighted by atomic mass is 10.1. The highest BCUT2D eigenvalue weighted by atomic mass is 32.2. The second kappa shape index (κ2) is 8.67. The molecular weight excluding hydrogens is 292 g/mol. The van der Waals surface area contributed by atoms with Gasteiger partial charge in [-0.2, -0.15) is 11.8 Å². The number of rotatable bonds is 9. The summed E-state index contributed by atoms with van der Waals surface area (Å²) in [6.45, 7) is 5.60. The topological polar surface area (TPSA) is 58.2 Å². The molecule has 0 amide bonds. The van der Waals surface area contributed by atoms with Gasteiger partial charge in [-0.3, -0.25) is 0 Å². The molecule has 0 saturated carbocycles. The third-order valence-corrected chi connectivity index (χ3v) is 5.03. The van der Waals surface area contributed by atoms with Crippen LogP contribution >= 0.6 is 11.8 Å². The molecule has 114 valence electrons. The molecule has 1 rings (SSSR count). The summed E-state index contributed by atoms with van der Waals surface area (Å²) < 4.78 is 26.9. The summed E-state index contributed by atoms with van der Waals surface area (Å²) in [7, 11) is -3.28. The second-order valence-electron chi connectivity index (χ2n) is 4.83. The van der Waals surface area contributed by atoms with E-state index in [1.807, 2.05) is 44.4 Å². The Kier molecular flexibility index (Phi) is 7.58. The normalized spacial score (nSPS) is 13.3. The first-order chi connectivity index (χ1) is 9.46. The van der Waals surface area contributed by atoms with Gasteiger partial charge in [0.15, 0.2) is 0 Å². The smallest absolute Gasteiger partial charge is 0.216 e. The van der Waals surface area contributed by atoms with E-state index >= 15 is 0 Å². The van der Waals surface area contributed by atoms with Crippen LogP contribution in [0.25, 0.3) is 0 Å². The molecule has 0 fully saturated rings. The van der Waals surface area contributed by atoms with Crippen LogP contribution < -0.4 is 10.0 Å². The molecule has 0 aliphatic heterocycles. The fraction of sp³-hybridized carbons (Fsp3) is 0.571. The van der Waals surface area contributed by atoms with Crippen LogP contribution in [-0.2, 0) is 22.3 Å². The Morgan fingerprint density at radius 3 is 2.65 bits per heavy atom. The maximum absolute atomic E-state index is 12.1. The Bertz CT molecular complexity index is 504. The monoisotopic (exact) mass is 316 g/mol. The molecule has 0 heterocycles. The average Bonchev–Trinajstić information content (AvgIpc) is 2.35. The fourth-order valence-corrected chi connectivity index (χ4v) is 4.04. The van der Waals surface area contributed by atoms with E-state index in [2.05, 4.69) is 10.0 Å².